The smallest absolute Gasteiger partial charge is 0.339 e. The summed E-state index contributed by atoms with van der Waals surface area (Å²) in [5, 5.41) is 7.32. The zero-order valence-electron chi connectivity index (χ0n) is 19.4. The van der Waals surface area contributed by atoms with E-state index >= 15 is 0 Å². The highest BCUT2D eigenvalue weighted by atomic mass is 16.5. The third kappa shape index (κ3) is 5.93. The Morgan fingerprint density at radius 2 is 1.81 bits per heavy atom. The molecule has 1 unspecified atom stereocenters. The number of carbonyl (C=O) groups is 2. The fourth-order valence-corrected chi connectivity index (χ4v) is 3.56. The molecule has 7 nitrogen and oxygen atoms in total. The maximum absolute atomic E-state index is 12.9. The number of aromatic nitrogens is 2. The van der Waals surface area contributed by atoms with E-state index < -0.39 is 5.97 Å². The molecule has 0 saturated carbocycles. The summed E-state index contributed by atoms with van der Waals surface area (Å²) in [5.41, 5.74) is 3.61. The fourth-order valence-electron chi connectivity index (χ4n) is 3.56. The summed E-state index contributed by atoms with van der Waals surface area (Å²) in [6, 6.07) is 9.48. The van der Waals surface area contributed by atoms with Gasteiger partial charge in [-0.25, -0.2) is 9.78 Å². The number of nitrogens with zero attached hydrogens (tertiary/aromatic N) is 2. The van der Waals surface area contributed by atoms with E-state index in [4.69, 9.17) is 9.26 Å². The number of nitrogens with one attached hydrogen (secondary N) is 1. The first-order chi connectivity index (χ1) is 15.2. The highest BCUT2D eigenvalue weighted by molar-refractivity contribution is 6.04. The fraction of sp³-hybridized carbons (Fsp3) is 0.440. The van der Waals surface area contributed by atoms with Crippen LogP contribution in [0.4, 0.5) is 0 Å². The van der Waals surface area contributed by atoms with Crippen molar-refractivity contribution in [1.82, 2.24) is 15.5 Å². The topological polar surface area (TPSA) is 94.3 Å². The number of esters is 1. The molecule has 170 valence electrons. The Hall–Kier alpha value is -3.22. The molecule has 32 heavy (non-hydrogen) atoms. The van der Waals surface area contributed by atoms with Gasteiger partial charge < -0.3 is 14.6 Å². The molecule has 2 heterocycles. The van der Waals surface area contributed by atoms with Crippen molar-refractivity contribution in [3.8, 4) is 11.3 Å². The zero-order valence-corrected chi connectivity index (χ0v) is 19.4. The molecule has 7 heteroatoms. The van der Waals surface area contributed by atoms with Crippen molar-refractivity contribution in [1.29, 1.82) is 0 Å². The van der Waals surface area contributed by atoms with Crippen LogP contribution in [-0.2, 0) is 9.53 Å². The molecule has 3 aromatic rings. The molecule has 3 rings (SSSR count). The van der Waals surface area contributed by atoms with Gasteiger partial charge in [0.15, 0.2) is 6.61 Å². The lowest BCUT2D eigenvalue weighted by molar-refractivity contribution is -0.124. The van der Waals surface area contributed by atoms with Crippen molar-refractivity contribution in [3.63, 3.8) is 0 Å². The van der Waals surface area contributed by atoms with Gasteiger partial charge in [-0.2, -0.15) is 0 Å². The van der Waals surface area contributed by atoms with E-state index in [-0.39, 0.29) is 29.8 Å². The number of pyridine rings is 1. The Balaban J connectivity index is 1.71. The van der Waals surface area contributed by atoms with Crippen LogP contribution in [0.2, 0.25) is 0 Å². The van der Waals surface area contributed by atoms with Gasteiger partial charge in [0.05, 0.1) is 22.3 Å². The van der Waals surface area contributed by atoms with Crippen molar-refractivity contribution in [2.75, 3.05) is 6.61 Å². The minimum Gasteiger partial charge on any atom is -0.452 e. The number of benzene rings is 1. The first-order valence-corrected chi connectivity index (χ1v) is 11.0. The molecular formula is C25H31N3O4. The van der Waals surface area contributed by atoms with Crippen molar-refractivity contribution >= 4 is 23.0 Å². The molecule has 0 radical (unpaired) electrons. The minimum atomic E-state index is -0.611. The number of ether oxygens (including phenoxy) is 1. The third-order valence-corrected chi connectivity index (χ3v) is 5.34. The number of aryl methyl sites for hydroxylation is 2. The van der Waals surface area contributed by atoms with Crippen LogP contribution in [0.25, 0.3) is 22.4 Å². The number of rotatable bonds is 9. The largest absolute Gasteiger partial charge is 0.452 e. The number of carbonyl (C=O) groups excluding carboxylic acids is 2. The molecule has 2 aromatic heterocycles. The van der Waals surface area contributed by atoms with Gasteiger partial charge in [-0.1, -0.05) is 61.7 Å². The monoisotopic (exact) mass is 437 g/mol. The van der Waals surface area contributed by atoms with Crippen LogP contribution in [0.15, 0.2) is 34.9 Å². The summed E-state index contributed by atoms with van der Waals surface area (Å²) in [6.45, 7) is 9.71. The molecule has 0 bridgehead atoms. The van der Waals surface area contributed by atoms with Gasteiger partial charge in [-0.05, 0) is 39.2 Å². The van der Waals surface area contributed by atoms with Crippen molar-refractivity contribution in [2.24, 2.45) is 5.92 Å². The second-order valence-electron chi connectivity index (χ2n) is 8.74. The van der Waals surface area contributed by atoms with E-state index in [0.717, 1.165) is 30.4 Å². The maximum Gasteiger partial charge on any atom is 0.339 e. The van der Waals surface area contributed by atoms with Crippen molar-refractivity contribution < 1.29 is 18.8 Å². The summed E-state index contributed by atoms with van der Waals surface area (Å²) in [6.07, 6.45) is 3.06. The van der Waals surface area contributed by atoms with E-state index in [0.29, 0.717) is 22.7 Å². The average Bonchev–Trinajstić information content (AvgIpc) is 3.12. The summed E-state index contributed by atoms with van der Waals surface area (Å²) in [7, 11) is 0. The summed E-state index contributed by atoms with van der Waals surface area (Å²) in [4.78, 5) is 29.6. The van der Waals surface area contributed by atoms with Crippen LogP contribution >= 0.6 is 0 Å². The van der Waals surface area contributed by atoms with E-state index in [9.17, 15) is 9.59 Å². The van der Waals surface area contributed by atoms with E-state index in [1.54, 1.807) is 13.0 Å². The second-order valence-corrected chi connectivity index (χ2v) is 8.74. The molecule has 1 N–H and O–H groups in total. The molecule has 1 aromatic carbocycles. The number of amides is 1. The normalized spacial score (nSPS) is 12.2. The molecule has 0 saturated heterocycles. The average molecular weight is 438 g/mol. The van der Waals surface area contributed by atoms with Gasteiger partial charge in [0.2, 0.25) is 0 Å². The highest BCUT2D eigenvalue weighted by Gasteiger charge is 2.21. The summed E-state index contributed by atoms with van der Waals surface area (Å²) < 4.78 is 10.6. The van der Waals surface area contributed by atoms with Crippen LogP contribution in [0.1, 0.15) is 61.6 Å². The lowest BCUT2D eigenvalue weighted by Gasteiger charge is -2.14. The Morgan fingerprint density at radius 3 is 2.50 bits per heavy atom. The molecule has 1 atom stereocenters. The lowest BCUT2D eigenvalue weighted by atomic mass is 10.0. The highest BCUT2D eigenvalue weighted by Crippen LogP contribution is 2.27. The van der Waals surface area contributed by atoms with Crippen LogP contribution in [0.5, 0.6) is 0 Å². The Morgan fingerprint density at radius 1 is 1.09 bits per heavy atom. The van der Waals surface area contributed by atoms with Crippen LogP contribution in [0, 0.1) is 19.8 Å². The molecule has 1 amide bonds. The van der Waals surface area contributed by atoms with E-state index in [1.807, 2.05) is 38.1 Å². The Labute approximate surface area is 188 Å². The first kappa shape index (κ1) is 23.4. The lowest BCUT2D eigenvalue weighted by Crippen LogP contribution is -2.35. The van der Waals surface area contributed by atoms with Crippen molar-refractivity contribution in [2.45, 2.75) is 59.9 Å². The predicted molar refractivity (Wildman–Crippen MR) is 123 cm³/mol. The van der Waals surface area contributed by atoms with Gasteiger partial charge >= 0.3 is 5.97 Å². The SMILES string of the molecule is Cc1ccc(-c2cc(C(=O)OCC(=O)NC(C)CCCC(C)C)c3c(C)noc3n2)cc1. The molecule has 0 spiro atoms. The van der Waals surface area contributed by atoms with Gasteiger partial charge in [0, 0.05) is 11.6 Å². The van der Waals surface area contributed by atoms with Crippen LogP contribution < -0.4 is 5.32 Å². The van der Waals surface area contributed by atoms with Gasteiger partial charge in [-0.15, -0.1) is 0 Å². The quantitative estimate of drug-likeness (QED) is 0.474. The number of hydrogen-bond donors (Lipinski definition) is 1. The van der Waals surface area contributed by atoms with Crippen LogP contribution in [0.3, 0.4) is 0 Å². The minimum absolute atomic E-state index is 0.0287. The molecular weight excluding hydrogens is 406 g/mol. The Bertz CT molecular complexity index is 1090. The van der Waals surface area contributed by atoms with E-state index in [1.165, 1.54) is 0 Å². The summed E-state index contributed by atoms with van der Waals surface area (Å²) >= 11 is 0. The van der Waals surface area contributed by atoms with E-state index in [2.05, 4.69) is 29.3 Å². The van der Waals surface area contributed by atoms with Gasteiger partial charge in [0.1, 0.15) is 0 Å². The molecule has 0 aliphatic heterocycles. The molecule has 0 aliphatic carbocycles. The predicted octanol–water partition coefficient (Wildman–Crippen LogP) is 4.99. The maximum atomic E-state index is 12.9. The molecule has 0 aliphatic rings. The molecule has 0 fully saturated rings. The Kier molecular flexibility index (Phi) is 7.62. The standard InChI is InChI=1S/C25H31N3O4/c1-15(2)7-6-8-17(4)26-22(29)14-31-25(30)20-13-21(19-11-9-16(3)10-12-19)27-24-23(20)18(5)28-32-24/h9-13,15,17H,6-8,14H2,1-5H3,(H,26,29). The number of fused-ring (bicyclic) bond motifs is 1. The van der Waals surface area contributed by atoms with Gasteiger partial charge in [-0.3, -0.25) is 4.79 Å². The van der Waals surface area contributed by atoms with Gasteiger partial charge in [0.25, 0.3) is 11.6 Å². The van der Waals surface area contributed by atoms with Crippen molar-refractivity contribution in [3.05, 3.63) is 47.2 Å². The zero-order chi connectivity index (χ0) is 23.3. The van der Waals surface area contributed by atoms with Crippen LogP contribution in [-0.4, -0.2) is 34.7 Å². The third-order valence-electron chi connectivity index (χ3n) is 5.34. The first-order valence-electron chi connectivity index (χ1n) is 11.0. The summed E-state index contributed by atoms with van der Waals surface area (Å²) in [5.74, 6) is -0.289. The number of hydrogen-bond acceptors (Lipinski definition) is 6. The second kappa shape index (κ2) is 10.4.